The smallest absolute Gasteiger partial charge is 0.242 e. The molecule has 1 aliphatic heterocycles. The topological polar surface area (TPSA) is 61.8 Å². The van der Waals surface area contributed by atoms with Crippen LogP contribution in [0.4, 0.5) is 11.4 Å². The van der Waals surface area contributed by atoms with E-state index in [4.69, 9.17) is 11.6 Å². The summed E-state index contributed by atoms with van der Waals surface area (Å²) < 4.78 is 0. The molecule has 7 heteroatoms. The lowest BCUT2D eigenvalue weighted by Crippen LogP contribution is -2.30. The van der Waals surface area contributed by atoms with Gasteiger partial charge in [-0.05, 0) is 61.7 Å². The zero-order valence-corrected chi connectivity index (χ0v) is 17.8. The van der Waals surface area contributed by atoms with Crippen molar-refractivity contribution in [3.8, 4) is 0 Å². The van der Waals surface area contributed by atoms with Gasteiger partial charge in [0.05, 0.1) is 5.69 Å². The summed E-state index contributed by atoms with van der Waals surface area (Å²) in [6, 6.07) is 11.2. The van der Waals surface area contributed by atoms with E-state index in [0.717, 1.165) is 22.5 Å². The van der Waals surface area contributed by atoms with Crippen molar-refractivity contribution in [3.63, 3.8) is 0 Å². The molecule has 1 aliphatic rings. The Labute approximate surface area is 174 Å². The third kappa shape index (κ3) is 4.56. The van der Waals surface area contributed by atoms with E-state index in [0.29, 0.717) is 10.2 Å². The van der Waals surface area contributed by atoms with Gasteiger partial charge in [0.2, 0.25) is 11.8 Å². The molecule has 2 amide bonds. The van der Waals surface area contributed by atoms with Crippen molar-refractivity contribution in [2.45, 2.75) is 32.4 Å². The number of anilines is 1. The lowest BCUT2D eigenvalue weighted by molar-refractivity contribution is -0.127. The van der Waals surface area contributed by atoms with E-state index in [9.17, 15) is 9.59 Å². The quantitative estimate of drug-likeness (QED) is 0.775. The minimum atomic E-state index is -0.491. The molecular formula is C21H22ClN3O2S. The van der Waals surface area contributed by atoms with Gasteiger partial charge in [0.15, 0.2) is 5.17 Å². The molecule has 3 rings (SSSR count). The van der Waals surface area contributed by atoms with E-state index >= 15 is 0 Å². The van der Waals surface area contributed by atoms with Crippen molar-refractivity contribution >= 4 is 51.7 Å². The second kappa shape index (κ2) is 8.37. The van der Waals surface area contributed by atoms with E-state index in [2.05, 4.69) is 10.3 Å². The summed E-state index contributed by atoms with van der Waals surface area (Å²) in [6.45, 7) is 5.95. The van der Waals surface area contributed by atoms with Crippen molar-refractivity contribution < 1.29 is 9.59 Å². The standard InChI is InChI=1S/C21H22ClN3O2S/c1-12-6-8-16(9-14(12)3)23-19(26)11-18-20(27)25(4)21(28-18)24-17-10-15(22)7-5-13(17)2/h5-10,18H,11H2,1-4H3,(H,23,26)/t18-/m0/s1. The fraction of sp³-hybridized carbons (Fsp3) is 0.286. The Morgan fingerprint density at radius 3 is 2.57 bits per heavy atom. The monoisotopic (exact) mass is 415 g/mol. The number of aliphatic imine (C=N–C) groups is 1. The van der Waals surface area contributed by atoms with Gasteiger partial charge in [0, 0.05) is 24.2 Å². The number of hydrogen-bond acceptors (Lipinski definition) is 4. The first-order valence-electron chi connectivity index (χ1n) is 8.91. The lowest BCUT2D eigenvalue weighted by atomic mass is 10.1. The summed E-state index contributed by atoms with van der Waals surface area (Å²) in [6.07, 6.45) is 0.0916. The summed E-state index contributed by atoms with van der Waals surface area (Å²) in [5.41, 5.74) is 4.69. The zero-order chi connectivity index (χ0) is 20.4. The van der Waals surface area contributed by atoms with Crippen molar-refractivity contribution in [1.82, 2.24) is 4.90 Å². The third-order valence-corrected chi connectivity index (χ3v) is 6.15. The van der Waals surface area contributed by atoms with Gasteiger partial charge in [0.1, 0.15) is 5.25 Å². The van der Waals surface area contributed by atoms with Crippen molar-refractivity contribution in [3.05, 3.63) is 58.1 Å². The highest BCUT2D eigenvalue weighted by molar-refractivity contribution is 8.15. The van der Waals surface area contributed by atoms with Crippen LogP contribution < -0.4 is 5.32 Å². The van der Waals surface area contributed by atoms with Gasteiger partial charge in [-0.2, -0.15) is 0 Å². The number of hydrogen-bond donors (Lipinski definition) is 1. The molecule has 1 atom stereocenters. The summed E-state index contributed by atoms with van der Waals surface area (Å²) in [5, 5.41) is 3.54. The largest absolute Gasteiger partial charge is 0.326 e. The van der Waals surface area contributed by atoms with Crippen LogP contribution >= 0.6 is 23.4 Å². The van der Waals surface area contributed by atoms with Gasteiger partial charge in [-0.25, -0.2) is 4.99 Å². The van der Waals surface area contributed by atoms with Gasteiger partial charge in [-0.3, -0.25) is 14.5 Å². The number of rotatable bonds is 4. The molecule has 0 radical (unpaired) electrons. The number of nitrogens with zero attached hydrogens (tertiary/aromatic N) is 2. The van der Waals surface area contributed by atoms with Gasteiger partial charge in [-0.1, -0.05) is 35.5 Å². The Morgan fingerprint density at radius 1 is 1.14 bits per heavy atom. The fourth-order valence-electron chi connectivity index (χ4n) is 2.80. The van der Waals surface area contributed by atoms with Gasteiger partial charge < -0.3 is 5.32 Å². The Morgan fingerprint density at radius 2 is 1.86 bits per heavy atom. The molecule has 0 unspecified atom stereocenters. The molecule has 28 heavy (non-hydrogen) atoms. The number of nitrogens with one attached hydrogen (secondary N) is 1. The molecule has 1 N–H and O–H groups in total. The highest BCUT2D eigenvalue weighted by Crippen LogP contribution is 2.32. The van der Waals surface area contributed by atoms with Crippen LogP contribution in [0.25, 0.3) is 0 Å². The fourth-order valence-corrected chi connectivity index (χ4v) is 4.12. The number of carbonyl (C=O) groups excluding carboxylic acids is 2. The van der Waals surface area contributed by atoms with Crippen molar-refractivity contribution in [1.29, 1.82) is 0 Å². The number of halogens is 1. The highest BCUT2D eigenvalue weighted by atomic mass is 35.5. The van der Waals surface area contributed by atoms with E-state index in [1.807, 2.05) is 45.0 Å². The summed E-state index contributed by atoms with van der Waals surface area (Å²) >= 11 is 7.36. The van der Waals surface area contributed by atoms with Crippen molar-refractivity contribution in [2.24, 2.45) is 4.99 Å². The van der Waals surface area contributed by atoms with Gasteiger partial charge in [0.25, 0.3) is 0 Å². The number of benzene rings is 2. The van der Waals surface area contributed by atoms with Crippen molar-refractivity contribution in [2.75, 3.05) is 12.4 Å². The molecule has 0 spiro atoms. The highest BCUT2D eigenvalue weighted by Gasteiger charge is 2.37. The molecule has 2 aromatic carbocycles. The van der Waals surface area contributed by atoms with E-state index in [1.165, 1.54) is 22.2 Å². The Balaban J connectivity index is 1.70. The van der Waals surface area contributed by atoms with Gasteiger partial charge >= 0.3 is 0 Å². The molecule has 1 fully saturated rings. The maximum absolute atomic E-state index is 12.6. The molecule has 0 aromatic heterocycles. The van der Waals surface area contributed by atoms with Crippen LogP contribution in [0.1, 0.15) is 23.1 Å². The maximum atomic E-state index is 12.6. The number of amidine groups is 1. The van der Waals surface area contributed by atoms with Crippen LogP contribution in [-0.4, -0.2) is 34.2 Å². The van der Waals surface area contributed by atoms with Crippen LogP contribution in [0.2, 0.25) is 5.02 Å². The number of aryl methyl sites for hydroxylation is 3. The second-order valence-corrected chi connectivity index (χ2v) is 8.49. The maximum Gasteiger partial charge on any atom is 0.242 e. The first-order chi connectivity index (χ1) is 13.2. The van der Waals surface area contributed by atoms with Crippen LogP contribution in [0, 0.1) is 20.8 Å². The van der Waals surface area contributed by atoms with Crippen LogP contribution in [0.5, 0.6) is 0 Å². The molecule has 5 nitrogen and oxygen atoms in total. The second-order valence-electron chi connectivity index (χ2n) is 6.88. The summed E-state index contributed by atoms with van der Waals surface area (Å²) in [4.78, 5) is 31.1. The van der Waals surface area contributed by atoms with Gasteiger partial charge in [-0.15, -0.1) is 0 Å². The predicted octanol–water partition coefficient (Wildman–Crippen LogP) is 4.86. The number of amides is 2. The van der Waals surface area contributed by atoms with E-state index in [1.54, 1.807) is 19.2 Å². The molecule has 1 saturated heterocycles. The normalized spacial score (nSPS) is 18.0. The van der Waals surface area contributed by atoms with E-state index in [-0.39, 0.29) is 18.2 Å². The number of thioether (sulfide) groups is 1. The number of carbonyl (C=O) groups is 2. The van der Waals surface area contributed by atoms with Crippen LogP contribution in [-0.2, 0) is 9.59 Å². The average molecular weight is 416 g/mol. The predicted molar refractivity (Wildman–Crippen MR) is 117 cm³/mol. The molecule has 0 bridgehead atoms. The molecule has 1 heterocycles. The van der Waals surface area contributed by atoms with E-state index < -0.39 is 5.25 Å². The first-order valence-corrected chi connectivity index (χ1v) is 10.2. The molecule has 2 aromatic rings. The Kier molecular flexibility index (Phi) is 6.10. The minimum Gasteiger partial charge on any atom is -0.326 e. The molecule has 0 saturated carbocycles. The molecule has 0 aliphatic carbocycles. The summed E-state index contributed by atoms with van der Waals surface area (Å²) in [7, 11) is 1.68. The first kappa shape index (κ1) is 20.4. The Bertz CT molecular complexity index is 974. The Hall–Kier alpha value is -2.31. The minimum absolute atomic E-state index is 0.0916. The zero-order valence-electron chi connectivity index (χ0n) is 16.2. The summed E-state index contributed by atoms with van der Waals surface area (Å²) in [5.74, 6) is -0.318. The third-order valence-electron chi connectivity index (χ3n) is 4.69. The van der Waals surface area contributed by atoms with Crippen LogP contribution in [0.3, 0.4) is 0 Å². The lowest BCUT2D eigenvalue weighted by Gasteiger charge is -2.10. The molecule has 146 valence electrons. The SMILES string of the molecule is Cc1ccc(NC(=O)C[C@@H]2SC(=Nc3cc(Cl)ccc3C)N(C)C2=O)cc1C. The molecular weight excluding hydrogens is 394 g/mol. The average Bonchev–Trinajstić information content (AvgIpc) is 2.89. The van der Waals surface area contributed by atoms with Crippen LogP contribution in [0.15, 0.2) is 41.4 Å².